The largest absolute Gasteiger partial charge is 0.492 e. The summed E-state index contributed by atoms with van der Waals surface area (Å²) in [5, 5.41) is 4.07. The molecule has 0 bridgehead atoms. The van der Waals surface area contributed by atoms with Crippen molar-refractivity contribution < 1.29 is 4.74 Å². The molecule has 0 fully saturated rings. The zero-order valence-corrected chi connectivity index (χ0v) is 11.2. The molecule has 1 rings (SSSR count). The minimum absolute atomic E-state index is 0.477. The molecule has 1 N–H and O–H groups in total. The van der Waals surface area contributed by atoms with Gasteiger partial charge in [-0.25, -0.2) is 0 Å². The fraction of sp³-hybridized carbons (Fsp3) is 0.538. The van der Waals surface area contributed by atoms with Gasteiger partial charge in [-0.3, -0.25) is 0 Å². The van der Waals surface area contributed by atoms with E-state index in [0.717, 1.165) is 12.3 Å². The quantitative estimate of drug-likeness (QED) is 0.852. The number of aryl methyl sites for hydroxylation is 1. The third-order valence-corrected chi connectivity index (χ3v) is 2.69. The van der Waals surface area contributed by atoms with Gasteiger partial charge in [-0.05, 0) is 37.1 Å². The molecule has 0 amide bonds. The SMILES string of the molecule is CCOc1cc(C)c(CNC(C)C)cc1Cl. The van der Waals surface area contributed by atoms with E-state index in [-0.39, 0.29) is 0 Å². The summed E-state index contributed by atoms with van der Waals surface area (Å²) in [5.74, 6) is 0.773. The van der Waals surface area contributed by atoms with Crippen LogP contribution in [0.4, 0.5) is 0 Å². The zero-order chi connectivity index (χ0) is 12.1. The van der Waals surface area contributed by atoms with Crippen molar-refractivity contribution in [1.82, 2.24) is 5.32 Å². The summed E-state index contributed by atoms with van der Waals surface area (Å²) in [5.41, 5.74) is 2.43. The molecule has 0 unspecified atom stereocenters. The number of ether oxygens (including phenoxy) is 1. The van der Waals surface area contributed by atoms with Gasteiger partial charge in [0.1, 0.15) is 5.75 Å². The smallest absolute Gasteiger partial charge is 0.138 e. The van der Waals surface area contributed by atoms with Crippen molar-refractivity contribution in [3.63, 3.8) is 0 Å². The summed E-state index contributed by atoms with van der Waals surface area (Å²) in [4.78, 5) is 0. The molecular weight excluding hydrogens is 222 g/mol. The van der Waals surface area contributed by atoms with E-state index in [2.05, 4.69) is 26.1 Å². The molecule has 16 heavy (non-hydrogen) atoms. The van der Waals surface area contributed by atoms with Gasteiger partial charge in [-0.1, -0.05) is 25.4 Å². The minimum atomic E-state index is 0.477. The molecule has 0 aliphatic carbocycles. The summed E-state index contributed by atoms with van der Waals surface area (Å²) in [6.07, 6.45) is 0. The van der Waals surface area contributed by atoms with Crippen LogP contribution in [0.25, 0.3) is 0 Å². The van der Waals surface area contributed by atoms with Gasteiger partial charge in [0.2, 0.25) is 0 Å². The van der Waals surface area contributed by atoms with Crippen LogP contribution >= 0.6 is 11.6 Å². The summed E-state index contributed by atoms with van der Waals surface area (Å²) in [6.45, 7) is 9.78. The molecule has 0 saturated heterocycles. The minimum Gasteiger partial charge on any atom is -0.492 e. The van der Waals surface area contributed by atoms with Crippen LogP contribution < -0.4 is 10.1 Å². The Labute approximate surface area is 103 Å². The summed E-state index contributed by atoms with van der Waals surface area (Å²) < 4.78 is 5.45. The molecular formula is C13H20ClNO. The Bertz CT molecular complexity index is 350. The van der Waals surface area contributed by atoms with E-state index in [4.69, 9.17) is 16.3 Å². The second-order valence-electron chi connectivity index (χ2n) is 4.18. The monoisotopic (exact) mass is 241 g/mol. The zero-order valence-electron chi connectivity index (χ0n) is 10.4. The standard InChI is InChI=1S/C13H20ClNO/c1-5-16-13-6-10(4)11(7-12(13)14)8-15-9(2)3/h6-7,9,15H,5,8H2,1-4H3. The molecule has 0 spiro atoms. The van der Waals surface area contributed by atoms with E-state index in [1.807, 2.05) is 19.1 Å². The van der Waals surface area contributed by atoms with Crippen LogP contribution in [-0.4, -0.2) is 12.6 Å². The first-order chi connectivity index (χ1) is 7.54. The van der Waals surface area contributed by atoms with E-state index in [0.29, 0.717) is 17.7 Å². The van der Waals surface area contributed by atoms with Crippen molar-refractivity contribution in [2.75, 3.05) is 6.61 Å². The number of rotatable bonds is 5. The van der Waals surface area contributed by atoms with Crippen molar-refractivity contribution in [3.8, 4) is 5.75 Å². The molecule has 0 heterocycles. The second kappa shape index (κ2) is 6.12. The molecule has 2 nitrogen and oxygen atoms in total. The molecule has 0 aromatic heterocycles. The van der Waals surface area contributed by atoms with Crippen molar-refractivity contribution >= 4 is 11.6 Å². The molecule has 1 aromatic rings. The molecule has 0 aliphatic rings. The van der Waals surface area contributed by atoms with Gasteiger partial charge >= 0.3 is 0 Å². The Morgan fingerprint density at radius 2 is 2.06 bits per heavy atom. The number of nitrogens with one attached hydrogen (secondary N) is 1. The fourth-order valence-electron chi connectivity index (χ4n) is 1.47. The molecule has 90 valence electrons. The highest BCUT2D eigenvalue weighted by molar-refractivity contribution is 6.32. The third kappa shape index (κ3) is 3.69. The van der Waals surface area contributed by atoms with Gasteiger partial charge in [0, 0.05) is 12.6 Å². The lowest BCUT2D eigenvalue weighted by Crippen LogP contribution is -2.22. The number of benzene rings is 1. The van der Waals surface area contributed by atoms with Gasteiger partial charge in [0.15, 0.2) is 0 Å². The van der Waals surface area contributed by atoms with Crippen LogP contribution in [0.5, 0.6) is 5.75 Å². The molecule has 0 aliphatic heterocycles. The van der Waals surface area contributed by atoms with Crippen LogP contribution in [0.15, 0.2) is 12.1 Å². The van der Waals surface area contributed by atoms with Crippen LogP contribution in [0.1, 0.15) is 31.9 Å². The molecule has 3 heteroatoms. The average molecular weight is 242 g/mol. The lowest BCUT2D eigenvalue weighted by Gasteiger charge is -2.13. The lowest BCUT2D eigenvalue weighted by atomic mass is 10.1. The predicted octanol–water partition coefficient (Wildman–Crippen LogP) is 3.55. The normalized spacial score (nSPS) is 10.9. The highest BCUT2D eigenvalue weighted by Gasteiger charge is 2.06. The van der Waals surface area contributed by atoms with Crippen molar-refractivity contribution in [2.24, 2.45) is 0 Å². The number of hydrogen-bond donors (Lipinski definition) is 1. The fourth-order valence-corrected chi connectivity index (χ4v) is 1.71. The Kier molecular flexibility index (Phi) is 5.10. The predicted molar refractivity (Wildman–Crippen MR) is 69.3 cm³/mol. The third-order valence-electron chi connectivity index (χ3n) is 2.39. The van der Waals surface area contributed by atoms with Gasteiger partial charge in [0.25, 0.3) is 0 Å². The number of hydrogen-bond acceptors (Lipinski definition) is 2. The summed E-state index contributed by atoms with van der Waals surface area (Å²) >= 11 is 6.14. The van der Waals surface area contributed by atoms with Crippen molar-refractivity contribution in [3.05, 3.63) is 28.3 Å². The van der Waals surface area contributed by atoms with Crippen LogP contribution in [0, 0.1) is 6.92 Å². The Morgan fingerprint density at radius 1 is 1.38 bits per heavy atom. The Hall–Kier alpha value is -0.730. The highest BCUT2D eigenvalue weighted by Crippen LogP contribution is 2.28. The maximum atomic E-state index is 6.14. The van der Waals surface area contributed by atoms with Gasteiger partial charge in [-0.2, -0.15) is 0 Å². The van der Waals surface area contributed by atoms with Crippen LogP contribution in [0.2, 0.25) is 5.02 Å². The summed E-state index contributed by atoms with van der Waals surface area (Å²) in [6, 6.07) is 4.46. The highest BCUT2D eigenvalue weighted by atomic mass is 35.5. The molecule has 1 aromatic carbocycles. The Balaban J connectivity index is 2.83. The molecule has 0 atom stereocenters. The first-order valence-electron chi connectivity index (χ1n) is 5.69. The molecule has 0 radical (unpaired) electrons. The van der Waals surface area contributed by atoms with E-state index in [1.54, 1.807) is 0 Å². The first-order valence-corrected chi connectivity index (χ1v) is 6.07. The second-order valence-corrected chi connectivity index (χ2v) is 4.58. The van der Waals surface area contributed by atoms with Crippen molar-refractivity contribution in [1.29, 1.82) is 0 Å². The van der Waals surface area contributed by atoms with Gasteiger partial charge < -0.3 is 10.1 Å². The van der Waals surface area contributed by atoms with Crippen LogP contribution in [-0.2, 0) is 6.54 Å². The van der Waals surface area contributed by atoms with Gasteiger partial charge in [0.05, 0.1) is 11.6 Å². The van der Waals surface area contributed by atoms with Crippen LogP contribution in [0.3, 0.4) is 0 Å². The maximum Gasteiger partial charge on any atom is 0.138 e. The topological polar surface area (TPSA) is 21.3 Å². The van der Waals surface area contributed by atoms with Gasteiger partial charge in [-0.15, -0.1) is 0 Å². The van der Waals surface area contributed by atoms with Crippen molar-refractivity contribution in [2.45, 2.75) is 40.3 Å². The summed E-state index contributed by atoms with van der Waals surface area (Å²) in [7, 11) is 0. The van der Waals surface area contributed by atoms with E-state index in [1.165, 1.54) is 11.1 Å². The Morgan fingerprint density at radius 3 is 2.62 bits per heavy atom. The molecule has 0 saturated carbocycles. The lowest BCUT2D eigenvalue weighted by molar-refractivity contribution is 0.340. The van der Waals surface area contributed by atoms with E-state index < -0.39 is 0 Å². The number of halogens is 1. The average Bonchev–Trinajstić information content (AvgIpc) is 2.21. The van der Waals surface area contributed by atoms with E-state index in [9.17, 15) is 0 Å². The van der Waals surface area contributed by atoms with E-state index >= 15 is 0 Å². The maximum absolute atomic E-state index is 6.14. The first kappa shape index (κ1) is 13.3.